The lowest BCUT2D eigenvalue weighted by Crippen LogP contribution is -2.48. The van der Waals surface area contributed by atoms with E-state index < -0.39 is 6.17 Å². The van der Waals surface area contributed by atoms with Crippen molar-refractivity contribution >= 4 is 17.8 Å². The Hall–Kier alpha value is -2.72. The Kier molecular flexibility index (Phi) is 5.50. The van der Waals surface area contributed by atoms with Gasteiger partial charge in [-0.15, -0.1) is 0 Å². The van der Waals surface area contributed by atoms with Crippen LogP contribution in [-0.4, -0.2) is 63.6 Å². The van der Waals surface area contributed by atoms with Crippen LogP contribution in [0, 0.1) is 13.8 Å². The first-order valence-electron chi connectivity index (χ1n) is 10.7. The second kappa shape index (κ2) is 8.32. The van der Waals surface area contributed by atoms with Crippen molar-refractivity contribution in [1.82, 2.24) is 24.9 Å². The summed E-state index contributed by atoms with van der Waals surface area (Å²) < 4.78 is 23.1. The van der Waals surface area contributed by atoms with Crippen molar-refractivity contribution in [2.75, 3.05) is 26.7 Å². The zero-order chi connectivity index (χ0) is 22.4. The third kappa shape index (κ3) is 3.71. The van der Waals surface area contributed by atoms with Gasteiger partial charge in [0.1, 0.15) is 24.2 Å². The normalized spacial score (nSPS) is 16.7. The summed E-state index contributed by atoms with van der Waals surface area (Å²) in [6, 6.07) is 2.12. The molecule has 10 heteroatoms. The minimum atomic E-state index is -0.687. The second-order valence-electron chi connectivity index (χ2n) is 8.39. The van der Waals surface area contributed by atoms with E-state index in [0.717, 1.165) is 52.5 Å². The molecule has 1 saturated heterocycles. The van der Waals surface area contributed by atoms with Gasteiger partial charge in [0.25, 0.3) is 0 Å². The lowest BCUT2D eigenvalue weighted by molar-refractivity contribution is 0.0670. The van der Waals surface area contributed by atoms with E-state index in [-0.39, 0.29) is 0 Å². The number of hydrogen-bond donors (Lipinski definition) is 1. The van der Waals surface area contributed by atoms with Crippen LogP contribution in [0.4, 0.5) is 4.39 Å². The number of pyridine rings is 1. The molecular weight excluding hydrogens is 429 g/mol. The highest BCUT2D eigenvalue weighted by molar-refractivity contribution is 7.97. The third-order valence-corrected chi connectivity index (χ3v) is 6.94. The predicted octanol–water partition coefficient (Wildman–Crippen LogP) is 2.51. The van der Waals surface area contributed by atoms with Crippen LogP contribution in [0.5, 0.6) is 5.75 Å². The summed E-state index contributed by atoms with van der Waals surface area (Å²) in [4.78, 5) is 8.35. The Morgan fingerprint density at radius 2 is 2.09 bits per heavy atom. The van der Waals surface area contributed by atoms with E-state index in [9.17, 15) is 4.39 Å². The van der Waals surface area contributed by atoms with Gasteiger partial charge in [-0.05, 0) is 49.4 Å². The van der Waals surface area contributed by atoms with Gasteiger partial charge in [0.05, 0.1) is 18.5 Å². The van der Waals surface area contributed by atoms with Crippen molar-refractivity contribution < 1.29 is 9.13 Å². The zero-order valence-corrected chi connectivity index (χ0v) is 19.2. The summed E-state index contributed by atoms with van der Waals surface area (Å²) in [7, 11) is 1.66. The molecule has 8 nitrogen and oxygen atoms in total. The number of aromatic nitrogens is 4. The first-order valence-corrected chi connectivity index (χ1v) is 11.6. The highest BCUT2D eigenvalue weighted by Gasteiger charge is 2.29. The third-order valence-electron chi connectivity index (χ3n) is 6.20. The van der Waals surface area contributed by atoms with Gasteiger partial charge in [-0.1, -0.05) is 0 Å². The van der Waals surface area contributed by atoms with Crippen LogP contribution in [0.3, 0.4) is 0 Å². The average Bonchev–Trinajstić information content (AvgIpc) is 3.00. The van der Waals surface area contributed by atoms with E-state index in [1.807, 2.05) is 13.8 Å². The fraction of sp³-hybridized carbons (Fsp3) is 0.455. The zero-order valence-electron chi connectivity index (χ0n) is 18.4. The predicted molar refractivity (Wildman–Crippen MR) is 123 cm³/mol. The number of halogens is 1. The van der Waals surface area contributed by atoms with Gasteiger partial charge in [-0.3, -0.25) is 9.88 Å². The van der Waals surface area contributed by atoms with Gasteiger partial charge in [-0.2, -0.15) is 19.4 Å². The van der Waals surface area contributed by atoms with Gasteiger partial charge >= 0.3 is 0 Å². The molecule has 32 heavy (non-hydrogen) atoms. The molecule has 0 aromatic carbocycles. The van der Waals surface area contributed by atoms with Crippen molar-refractivity contribution in [2.45, 2.75) is 38.7 Å². The molecule has 1 aliphatic carbocycles. The van der Waals surface area contributed by atoms with E-state index in [2.05, 4.69) is 20.3 Å². The van der Waals surface area contributed by atoms with Crippen LogP contribution in [-0.2, 0) is 18.7 Å². The molecule has 1 aromatic heterocycles. The summed E-state index contributed by atoms with van der Waals surface area (Å²) in [6.07, 6.45) is 1.96. The summed E-state index contributed by atoms with van der Waals surface area (Å²) in [5.74, 6) is 1.95. The number of amidine groups is 1. The number of aryl methyl sites for hydroxylation is 1. The van der Waals surface area contributed by atoms with Gasteiger partial charge in [0.2, 0.25) is 0 Å². The van der Waals surface area contributed by atoms with Crippen LogP contribution in [0.1, 0.15) is 33.6 Å². The Morgan fingerprint density at radius 3 is 2.84 bits per heavy atom. The molecule has 4 heterocycles. The molecule has 1 fully saturated rings. The monoisotopic (exact) mass is 455 g/mol. The number of alkyl halides is 1. The molecule has 168 valence electrons. The van der Waals surface area contributed by atoms with Crippen molar-refractivity contribution in [3.05, 3.63) is 45.9 Å². The minimum Gasteiger partial charge on any atom is -0.496 e. The standard InChI is InChI=1S/C22H26FN7OS/c1-12-7-25-18(13(2)21(12)31-3)10-30-26-17-6-14(4-5-29-8-15(23)9-29)16-11-32-28-22(24)20(27-30)19(16)17/h6-7,15H,4-5,8-11H2,1-3H3,(H2,24,28). The quantitative estimate of drug-likeness (QED) is 0.571. The Bertz CT molecular complexity index is 1170. The maximum absolute atomic E-state index is 13.2. The molecule has 4 aliphatic rings. The maximum Gasteiger partial charge on any atom is 0.160 e. The fourth-order valence-electron chi connectivity index (χ4n) is 4.47. The molecule has 0 unspecified atom stereocenters. The topological polar surface area (TPSA) is 94.5 Å². The molecule has 1 aromatic rings. The number of rotatable bonds is 6. The number of nitrogens with zero attached hydrogens (tertiary/aromatic N) is 6. The molecule has 5 rings (SSSR count). The van der Waals surface area contributed by atoms with E-state index in [1.54, 1.807) is 18.1 Å². The molecule has 3 aliphatic heterocycles. The highest BCUT2D eigenvalue weighted by Crippen LogP contribution is 2.38. The molecule has 0 spiro atoms. The number of likely N-dealkylation sites (tertiary alicyclic amines) is 1. The minimum absolute atomic E-state index is 0.396. The average molecular weight is 456 g/mol. The van der Waals surface area contributed by atoms with Crippen molar-refractivity contribution in [3.8, 4) is 17.0 Å². The van der Waals surface area contributed by atoms with E-state index >= 15 is 0 Å². The van der Waals surface area contributed by atoms with Crippen LogP contribution < -0.4 is 10.5 Å². The molecule has 0 saturated carbocycles. The summed E-state index contributed by atoms with van der Waals surface area (Å²) >= 11 is 1.43. The van der Waals surface area contributed by atoms with Crippen molar-refractivity contribution in [3.63, 3.8) is 0 Å². The number of nitrogens with two attached hydrogens (primary N) is 1. The van der Waals surface area contributed by atoms with E-state index in [4.69, 9.17) is 20.7 Å². The number of methoxy groups -OCH3 is 1. The SMILES string of the molecule is COc1c(C)cnc(Cn2nc3cc(CCN4CC(F)C4)c4c-3c(n2)C(N)=NSC4)c1C. The van der Waals surface area contributed by atoms with Crippen molar-refractivity contribution in [1.29, 1.82) is 0 Å². The van der Waals surface area contributed by atoms with Gasteiger partial charge in [0, 0.05) is 48.3 Å². The Balaban J connectivity index is 1.51. The summed E-state index contributed by atoms with van der Waals surface area (Å²) in [5, 5.41) is 9.52. The lowest BCUT2D eigenvalue weighted by Gasteiger charge is -2.34. The maximum atomic E-state index is 13.2. The van der Waals surface area contributed by atoms with Gasteiger partial charge < -0.3 is 10.5 Å². The summed E-state index contributed by atoms with van der Waals surface area (Å²) in [6.45, 7) is 6.25. The summed E-state index contributed by atoms with van der Waals surface area (Å²) in [5.41, 5.74) is 13.9. The Labute approximate surface area is 190 Å². The molecule has 0 amide bonds. The molecule has 2 N–H and O–H groups in total. The molecule has 0 bridgehead atoms. The van der Waals surface area contributed by atoms with Crippen LogP contribution in [0.25, 0.3) is 11.3 Å². The van der Waals surface area contributed by atoms with Crippen LogP contribution >= 0.6 is 11.9 Å². The Morgan fingerprint density at radius 1 is 1.28 bits per heavy atom. The van der Waals surface area contributed by atoms with Crippen LogP contribution in [0.2, 0.25) is 0 Å². The van der Waals surface area contributed by atoms with Gasteiger partial charge in [-0.25, -0.2) is 4.39 Å². The fourth-order valence-corrected chi connectivity index (χ4v) is 5.22. The molecule has 0 atom stereocenters. The smallest absolute Gasteiger partial charge is 0.160 e. The first kappa shape index (κ1) is 21.1. The molecular formula is C22H26FN7OS. The highest BCUT2D eigenvalue weighted by atomic mass is 32.2. The largest absolute Gasteiger partial charge is 0.496 e. The van der Waals surface area contributed by atoms with Gasteiger partial charge in [0.15, 0.2) is 5.84 Å². The first-order chi connectivity index (χ1) is 15.4. The molecule has 0 radical (unpaired) electrons. The van der Waals surface area contributed by atoms with Crippen molar-refractivity contribution in [2.24, 2.45) is 10.1 Å². The number of hydrogen-bond acceptors (Lipinski definition) is 8. The second-order valence-corrected chi connectivity index (χ2v) is 9.12. The van der Waals surface area contributed by atoms with Crippen LogP contribution in [0.15, 0.2) is 16.7 Å². The lowest BCUT2D eigenvalue weighted by atomic mass is 10.1. The van der Waals surface area contributed by atoms with E-state index in [1.165, 1.54) is 23.1 Å². The van der Waals surface area contributed by atoms with E-state index in [0.29, 0.717) is 31.2 Å². The number of ether oxygens (including phenoxy) is 1.